The maximum absolute atomic E-state index is 12.2. The van der Waals surface area contributed by atoms with Crippen LogP contribution in [0.3, 0.4) is 0 Å². The van der Waals surface area contributed by atoms with Gasteiger partial charge in [-0.3, -0.25) is 9.69 Å². The summed E-state index contributed by atoms with van der Waals surface area (Å²) in [4.78, 5) is 16.0. The average Bonchev–Trinajstić information content (AvgIpc) is 3.23. The van der Waals surface area contributed by atoms with Crippen molar-refractivity contribution in [2.45, 2.75) is 19.1 Å². The normalized spacial score (nSPS) is 17.8. The smallest absolute Gasteiger partial charge is 0.261 e. The first kappa shape index (κ1) is 17.0. The van der Waals surface area contributed by atoms with Crippen molar-refractivity contribution in [1.82, 2.24) is 10.2 Å². The average molecular weight is 346 g/mol. The van der Waals surface area contributed by atoms with Gasteiger partial charge in [0, 0.05) is 31.1 Å². The summed E-state index contributed by atoms with van der Waals surface area (Å²) < 4.78 is 5.69. The number of amides is 1. The van der Waals surface area contributed by atoms with Crippen molar-refractivity contribution in [3.8, 4) is 5.75 Å². The first-order valence-electron chi connectivity index (χ1n) is 8.16. The van der Waals surface area contributed by atoms with Gasteiger partial charge in [0.2, 0.25) is 0 Å². The molecule has 24 heavy (non-hydrogen) atoms. The molecule has 1 amide bonds. The predicted octanol–water partition coefficient (Wildman–Crippen LogP) is 2.12. The molecule has 3 rings (SSSR count). The van der Waals surface area contributed by atoms with E-state index in [2.05, 4.69) is 10.2 Å². The Morgan fingerprint density at radius 2 is 2.12 bits per heavy atom. The Morgan fingerprint density at radius 1 is 1.29 bits per heavy atom. The van der Waals surface area contributed by atoms with Crippen LogP contribution < -0.4 is 10.1 Å². The van der Waals surface area contributed by atoms with Gasteiger partial charge in [-0.25, -0.2) is 0 Å². The number of benzene rings is 1. The number of likely N-dealkylation sites (tertiary alicyclic amines) is 1. The predicted molar refractivity (Wildman–Crippen MR) is 94.5 cm³/mol. The number of aliphatic hydroxyl groups excluding tert-OH is 1. The Bertz CT molecular complexity index is 659. The molecule has 1 aliphatic heterocycles. The number of β-amino-alcohol motifs (C(OH)–C–C–N with tert-alkyl or cyclic N) is 1. The molecule has 2 heterocycles. The molecule has 0 unspecified atom stereocenters. The minimum atomic E-state index is -0.217. The van der Waals surface area contributed by atoms with Crippen LogP contribution >= 0.6 is 11.3 Å². The highest BCUT2D eigenvalue weighted by molar-refractivity contribution is 7.14. The zero-order chi connectivity index (χ0) is 16.8. The summed E-state index contributed by atoms with van der Waals surface area (Å²) in [6.07, 6.45) is 0.606. The van der Waals surface area contributed by atoms with Crippen LogP contribution in [0.5, 0.6) is 5.75 Å². The molecule has 0 aliphatic carbocycles. The molecule has 5 nitrogen and oxygen atoms in total. The second-order valence-corrected chi connectivity index (χ2v) is 7.04. The summed E-state index contributed by atoms with van der Waals surface area (Å²) in [5.74, 6) is 0.774. The number of rotatable bonds is 7. The third kappa shape index (κ3) is 4.80. The van der Waals surface area contributed by atoms with Crippen molar-refractivity contribution in [1.29, 1.82) is 0 Å². The van der Waals surface area contributed by atoms with Gasteiger partial charge in [0.15, 0.2) is 0 Å². The maximum atomic E-state index is 12.2. The van der Waals surface area contributed by atoms with E-state index in [0.717, 1.165) is 30.1 Å². The van der Waals surface area contributed by atoms with Crippen LogP contribution in [0.2, 0.25) is 0 Å². The van der Waals surface area contributed by atoms with Crippen LogP contribution in [0, 0.1) is 0 Å². The topological polar surface area (TPSA) is 61.8 Å². The van der Waals surface area contributed by atoms with Gasteiger partial charge in [-0.05, 0) is 30.7 Å². The standard InChI is InChI=1S/C18H22N2O3S/c21-14-8-10-20(12-14)11-9-19-18(22)17-7-6-16(24-17)13-23-15-4-2-1-3-5-15/h1-7,14,21H,8-13H2,(H,19,22)/t14-/m1/s1. The van der Waals surface area contributed by atoms with Crippen LogP contribution in [0.4, 0.5) is 0 Å². The van der Waals surface area contributed by atoms with Crippen molar-refractivity contribution in [2.75, 3.05) is 26.2 Å². The van der Waals surface area contributed by atoms with Gasteiger partial charge in [0.25, 0.3) is 5.91 Å². The molecule has 1 aliphatic rings. The zero-order valence-corrected chi connectivity index (χ0v) is 14.3. The molecular formula is C18H22N2O3S. The Kier molecular flexibility index (Phi) is 5.85. The number of nitrogens with zero attached hydrogens (tertiary/aromatic N) is 1. The summed E-state index contributed by atoms with van der Waals surface area (Å²) in [6, 6.07) is 13.4. The molecule has 0 saturated carbocycles. The lowest BCUT2D eigenvalue weighted by atomic mass is 10.3. The number of carbonyl (C=O) groups is 1. The zero-order valence-electron chi connectivity index (χ0n) is 13.5. The molecule has 2 N–H and O–H groups in total. The van der Waals surface area contributed by atoms with Crippen molar-refractivity contribution >= 4 is 17.2 Å². The quantitative estimate of drug-likeness (QED) is 0.806. The van der Waals surface area contributed by atoms with E-state index < -0.39 is 0 Å². The van der Waals surface area contributed by atoms with Gasteiger partial charge >= 0.3 is 0 Å². The molecule has 1 atom stereocenters. The molecule has 1 aromatic carbocycles. The highest BCUT2D eigenvalue weighted by Crippen LogP contribution is 2.19. The van der Waals surface area contributed by atoms with E-state index in [-0.39, 0.29) is 12.0 Å². The number of para-hydroxylation sites is 1. The maximum Gasteiger partial charge on any atom is 0.261 e. The second kappa shape index (κ2) is 8.28. The van der Waals surface area contributed by atoms with E-state index in [4.69, 9.17) is 4.74 Å². The van der Waals surface area contributed by atoms with E-state index in [0.29, 0.717) is 24.6 Å². The minimum Gasteiger partial charge on any atom is -0.488 e. The molecule has 0 radical (unpaired) electrons. The molecule has 1 fully saturated rings. The summed E-state index contributed by atoms with van der Waals surface area (Å²) in [6.45, 7) is 3.44. The van der Waals surface area contributed by atoms with Gasteiger partial charge in [-0.2, -0.15) is 0 Å². The van der Waals surface area contributed by atoms with Crippen LogP contribution in [0.1, 0.15) is 21.0 Å². The largest absolute Gasteiger partial charge is 0.488 e. The summed E-state index contributed by atoms with van der Waals surface area (Å²) >= 11 is 1.45. The fourth-order valence-corrected chi connectivity index (χ4v) is 3.52. The molecular weight excluding hydrogens is 324 g/mol. The molecule has 2 aromatic rings. The fourth-order valence-electron chi connectivity index (χ4n) is 2.68. The molecule has 6 heteroatoms. The number of nitrogens with one attached hydrogen (secondary N) is 1. The second-order valence-electron chi connectivity index (χ2n) is 5.87. The summed E-state index contributed by atoms with van der Waals surface area (Å²) in [7, 11) is 0. The van der Waals surface area contributed by atoms with Crippen LogP contribution in [0.15, 0.2) is 42.5 Å². The van der Waals surface area contributed by atoms with Crippen molar-refractivity contribution in [2.24, 2.45) is 0 Å². The first-order chi connectivity index (χ1) is 11.7. The minimum absolute atomic E-state index is 0.0503. The Hall–Kier alpha value is -1.89. The van der Waals surface area contributed by atoms with Gasteiger partial charge in [-0.15, -0.1) is 11.3 Å². The number of hydrogen-bond donors (Lipinski definition) is 2. The highest BCUT2D eigenvalue weighted by Gasteiger charge is 2.19. The van der Waals surface area contributed by atoms with Crippen LogP contribution in [-0.4, -0.2) is 48.2 Å². The molecule has 0 spiro atoms. The first-order valence-corrected chi connectivity index (χ1v) is 8.97. The monoisotopic (exact) mass is 346 g/mol. The number of thiophene rings is 1. The van der Waals surface area contributed by atoms with Crippen LogP contribution in [0.25, 0.3) is 0 Å². The fraction of sp³-hybridized carbons (Fsp3) is 0.389. The van der Waals surface area contributed by atoms with E-state index in [1.54, 1.807) is 0 Å². The molecule has 0 bridgehead atoms. The van der Waals surface area contributed by atoms with E-state index in [1.807, 2.05) is 42.5 Å². The molecule has 1 aromatic heterocycles. The number of hydrogen-bond acceptors (Lipinski definition) is 5. The number of carbonyl (C=O) groups excluding carboxylic acids is 1. The van der Waals surface area contributed by atoms with Crippen molar-refractivity contribution in [3.63, 3.8) is 0 Å². The Morgan fingerprint density at radius 3 is 2.88 bits per heavy atom. The van der Waals surface area contributed by atoms with Gasteiger partial charge in [-0.1, -0.05) is 18.2 Å². The van der Waals surface area contributed by atoms with Gasteiger partial charge in [0.05, 0.1) is 11.0 Å². The van der Waals surface area contributed by atoms with E-state index in [1.165, 1.54) is 11.3 Å². The van der Waals surface area contributed by atoms with E-state index in [9.17, 15) is 9.90 Å². The van der Waals surface area contributed by atoms with Crippen molar-refractivity contribution in [3.05, 3.63) is 52.2 Å². The Balaban J connectivity index is 1.42. The lowest BCUT2D eigenvalue weighted by Crippen LogP contribution is -2.33. The van der Waals surface area contributed by atoms with Gasteiger partial charge < -0.3 is 15.2 Å². The summed E-state index contributed by atoms with van der Waals surface area (Å²) in [5.41, 5.74) is 0. The summed E-state index contributed by atoms with van der Waals surface area (Å²) in [5, 5.41) is 12.4. The number of aliphatic hydroxyl groups is 1. The Labute approximate surface area is 145 Å². The highest BCUT2D eigenvalue weighted by atomic mass is 32.1. The van der Waals surface area contributed by atoms with Crippen LogP contribution in [-0.2, 0) is 6.61 Å². The van der Waals surface area contributed by atoms with Gasteiger partial charge in [0.1, 0.15) is 12.4 Å². The molecule has 1 saturated heterocycles. The SMILES string of the molecule is O=C(NCCN1CC[C@@H](O)C1)c1ccc(COc2ccccc2)s1. The van der Waals surface area contributed by atoms with E-state index >= 15 is 0 Å². The third-order valence-corrected chi connectivity index (χ3v) is 5.03. The molecule has 128 valence electrons. The lowest BCUT2D eigenvalue weighted by Gasteiger charge is -2.14. The lowest BCUT2D eigenvalue weighted by molar-refractivity contribution is 0.0953. The number of ether oxygens (including phenoxy) is 1. The van der Waals surface area contributed by atoms with Crippen molar-refractivity contribution < 1.29 is 14.6 Å². The third-order valence-electron chi connectivity index (χ3n) is 3.97.